The van der Waals surface area contributed by atoms with Gasteiger partial charge in [-0.15, -0.1) is 0 Å². The van der Waals surface area contributed by atoms with Crippen LogP contribution < -0.4 is 16.0 Å². The van der Waals surface area contributed by atoms with Crippen LogP contribution in [0.4, 0.5) is 6.01 Å². The van der Waals surface area contributed by atoms with Crippen molar-refractivity contribution < 1.29 is 9.21 Å². The van der Waals surface area contributed by atoms with Crippen molar-refractivity contribution in [2.45, 2.75) is 31.8 Å². The third-order valence-corrected chi connectivity index (χ3v) is 5.30. The molecule has 1 unspecified atom stereocenters. The maximum absolute atomic E-state index is 12.9. The summed E-state index contributed by atoms with van der Waals surface area (Å²) < 4.78 is 5.72. The molecule has 1 aliphatic carbocycles. The molecule has 1 saturated carbocycles. The molecule has 1 amide bonds. The molecular weight excluding hydrogens is 392 g/mol. The number of fused-ring (bicyclic) bond motifs is 1. The van der Waals surface area contributed by atoms with Gasteiger partial charge in [-0.1, -0.05) is 23.7 Å². The number of anilines is 1. The molecule has 1 aromatic heterocycles. The van der Waals surface area contributed by atoms with Crippen LogP contribution in [0, 0.1) is 0 Å². The van der Waals surface area contributed by atoms with Crippen molar-refractivity contribution in [3.05, 3.63) is 46.6 Å². The zero-order valence-electron chi connectivity index (χ0n) is 15.7. The van der Waals surface area contributed by atoms with Gasteiger partial charge in [0.05, 0.1) is 22.9 Å². The second-order valence-corrected chi connectivity index (χ2v) is 7.59. The van der Waals surface area contributed by atoms with Crippen LogP contribution in [0.15, 0.2) is 61.0 Å². The highest BCUT2D eigenvalue weighted by atomic mass is 35.5. The molecule has 0 radical (unpaired) electrons. The van der Waals surface area contributed by atoms with Gasteiger partial charge in [0.25, 0.3) is 5.91 Å². The van der Waals surface area contributed by atoms with Crippen molar-refractivity contribution in [1.82, 2.24) is 15.6 Å². The van der Waals surface area contributed by atoms with Gasteiger partial charge in [0.2, 0.25) is 5.96 Å². The van der Waals surface area contributed by atoms with Crippen molar-refractivity contribution in [2.24, 2.45) is 9.98 Å². The van der Waals surface area contributed by atoms with E-state index in [1.54, 1.807) is 0 Å². The SMILES string of the molecule is CC1=C(C(=O)NC2CC2)C(C2=NCC=C2Cl)N=C(Nc2nc3ccccc3o2)N1. The maximum Gasteiger partial charge on any atom is 0.302 e. The summed E-state index contributed by atoms with van der Waals surface area (Å²) in [5, 5.41) is 9.75. The number of aliphatic imine (C=N–C) groups is 2. The molecule has 5 rings (SSSR count). The van der Waals surface area contributed by atoms with Crippen LogP contribution in [0.3, 0.4) is 0 Å². The minimum absolute atomic E-state index is 0.147. The minimum atomic E-state index is -0.604. The van der Waals surface area contributed by atoms with Gasteiger partial charge >= 0.3 is 6.01 Å². The van der Waals surface area contributed by atoms with Crippen LogP contribution in [-0.4, -0.2) is 41.2 Å². The maximum atomic E-state index is 12.9. The summed E-state index contributed by atoms with van der Waals surface area (Å²) in [7, 11) is 0. The van der Waals surface area contributed by atoms with Gasteiger partial charge < -0.3 is 15.1 Å². The first kappa shape index (κ1) is 17.9. The average Bonchev–Trinajstić information content (AvgIpc) is 3.24. The lowest BCUT2D eigenvalue weighted by molar-refractivity contribution is -0.117. The number of guanidine groups is 1. The number of nitrogens with one attached hydrogen (secondary N) is 3. The lowest BCUT2D eigenvalue weighted by Crippen LogP contribution is -2.44. The third-order valence-electron chi connectivity index (χ3n) is 4.95. The number of amides is 1. The van der Waals surface area contributed by atoms with E-state index < -0.39 is 6.04 Å². The standard InChI is InChI=1S/C20H19ClN6O2/c1-10-15(18(28)24-11-6-7-11)17(16-12(21)8-9-22-16)26-19(23-10)27-20-25-13-4-2-3-5-14(13)29-20/h2-5,8,11,17H,6-7,9H2,1H3,(H,24,28)(H2,23,25,26,27). The number of hydrogen-bond donors (Lipinski definition) is 3. The lowest BCUT2D eigenvalue weighted by Gasteiger charge is -2.26. The molecule has 2 aromatic rings. The van der Waals surface area contributed by atoms with Gasteiger partial charge in [-0.3, -0.25) is 15.1 Å². The molecule has 0 saturated heterocycles. The Bertz CT molecular complexity index is 1090. The van der Waals surface area contributed by atoms with Gasteiger partial charge in [0.1, 0.15) is 11.6 Å². The highest BCUT2D eigenvalue weighted by Gasteiger charge is 2.36. The molecule has 8 nitrogen and oxygen atoms in total. The Morgan fingerprint density at radius 1 is 1.31 bits per heavy atom. The number of rotatable bonds is 4. The molecule has 1 aromatic carbocycles. The molecule has 148 valence electrons. The van der Waals surface area contributed by atoms with Crippen LogP contribution in [-0.2, 0) is 4.79 Å². The number of benzene rings is 1. The molecule has 0 bridgehead atoms. The fourth-order valence-electron chi connectivity index (χ4n) is 3.37. The number of nitrogens with zero attached hydrogens (tertiary/aromatic N) is 3. The van der Waals surface area contributed by atoms with E-state index in [1.807, 2.05) is 37.3 Å². The summed E-state index contributed by atoms with van der Waals surface area (Å²) >= 11 is 6.34. The van der Waals surface area contributed by atoms with Crippen LogP contribution in [0.2, 0.25) is 0 Å². The van der Waals surface area contributed by atoms with Crippen LogP contribution in [0.1, 0.15) is 19.8 Å². The smallest absolute Gasteiger partial charge is 0.302 e. The summed E-state index contributed by atoms with van der Waals surface area (Å²) in [5.74, 6) is 0.271. The second-order valence-electron chi connectivity index (χ2n) is 7.18. The quantitative estimate of drug-likeness (QED) is 0.719. The lowest BCUT2D eigenvalue weighted by atomic mass is 9.98. The first-order chi connectivity index (χ1) is 14.1. The molecule has 3 N–H and O–H groups in total. The molecule has 1 atom stereocenters. The zero-order chi connectivity index (χ0) is 20.0. The molecule has 29 heavy (non-hydrogen) atoms. The molecule has 3 heterocycles. The monoisotopic (exact) mass is 410 g/mol. The molecule has 2 aliphatic heterocycles. The Labute approximate surface area is 171 Å². The predicted octanol–water partition coefficient (Wildman–Crippen LogP) is 2.70. The van der Waals surface area contributed by atoms with E-state index in [0.29, 0.717) is 46.1 Å². The highest BCUT2D eigenvalue weighted by Crippen LogP contribution is 2.27. The number of carbonyl (C=O) groups excluding carboxylic acids is 1. The van der Waals surface area contributed by atoms with Gasteiger partial charge in [-0.05, 0) is 38.0 Å². The first-order valence-corrected chi connectivity index (χ1v) is 9.85. The van der Waals surface area contributed by atoms with Gasteiger partial charge in [0.15, 0.2) is 5.58 Å². The molecule has 9 heteroatoms. The van der Waals surface area contributed by atoms with E-state index in [-0.39, 0.29) is 11.9 Å². The number of para-hydroxylation sites is 2. The summed E-state index contributed by atoms with van der Waals surface area (Å²) in [5.41, 5.74) is 3.20. The summed E-state index contributed by atoms with van der Waals surface area (Å²) in [6.45, 7) is 2.32. The molecule has 3 aliphatic rings. The second kappa shape index (κ2) is 7.04. The number of aromatic nitrogens is 1. The number of halogens is 1. The van der Waals surface area contributed by atoms with E-state index in [4.69, 9.17) is 16.0 Å². The van der Waals surface area contributed by atoms with E-state index in [1.165, 1.54) is 0 Å². The summed E-state index contributed by atoms with van der Waals surface area (Å²) in [6.07, 6.45) is 3.82. The van der Waals surface area contributed by atoms with Crippen molar-refractivity contribution in [2.75, 3.05) is 11.9 Å². The van der Waals surface area contributed by atoms with E-state index in [0.717, 1.165) is 18.4 Å². The number of hydrogen-bond acceptors (Lipinski definition) is 7. The minimum Gasteiger partial charge on any atom is -0.423 e. The van der Waals surface area contributed by atoms with Gasteiger partial charge in [-0.25, -0.2) is 4.99 Å². The normalized spacial score (nSPS) is 21.4. The Kier molecular flexibility index (Phi) is 4.35. The van der Waals surface area contributed by atoms with Crippen LogP contribution >= 0.6 is 11.6 Å². The molecule has 0 spiro atoms. The van der Waals surface area contributed by atoms with E-state index in [9.17, 15) is 4.79 Å². The molecule has 1 fully saturated rings. The third kappa shape index (κ3) is 3.51. The largest absolute Gasteiger partial charge is 0.423 e. The van der Waals surface area contributed by atoms with E-state index >= 15 is 0 Å². The van der Waals surface area contributed by atoms with Crippen molar-refractivity contribution in [3.8, 4) is 0 Å². The predicted molar refractivity (Wildman–Crippen MR) is 112 cm³/mol. The van der Waals surface area contributed by atoms with Crippen molar-refractivity contribution >= 4 is 46.3 Å². The Hall–Kier alpha value is -3.13. The Balaban J connectivity index is 1.46. The fraction of sp³-hybridized carbons (Fsp3) is 0.300. The number of oxazole rings is 1. The Morgan fingerprint density at radius 3 is 2.86 bits per heavy atom. The topological polar surface area (TPSA) is 104 Å². The molecular formula is C20H19ClN6O2. The highest BCUT2D eigenvalue weighted by molar-refractivity contribution is 6.45. The number of allylic oxidation sites excluding steroid dienone is 1. The fourth-order valence-corrected chi connectivity index (χ4v) is 3.60. The number of carbonyl (C=O) groups is 1. The van der Waals surface area contributed by atoms with Gasteiger partial charge in [-0.2, -0.15) is 4.98 Å². The average molecular weight is 411 g/mol. The van der Waals surface area contributed by atoms with E-state index in [2.05, 4.69) is 30.9 Å². The zero-order valence-corrected chi connectivity index (χ0v) is 16.5. The first-order valence-electron chi connectivity index (χ1n) is 9.48. The Morgan fingerprint density at radius 2 is 2.14 bits per heavy atom. The van der Waals surface area contributed by atoms with Crippen LogP contribution in [0.25, 0.3) is 11.1 Å². The van der Waals surface area contributed by atoms with Crippen molar-refractivity contribution in [1.29, 1.82) is 0 Å². The summed E-state index contributed by atoms with van der Waals surface area (Å²) in [4.78, 5) is 26.4. The van der Waals surface area contributed by atoms with Gasteiger partial charge in [0, 0.05) is 11.7 Å². The van der Waals surface area contributed by atoms with Crippen molar-refractivity contribution in [3.63, 3.8) is 0 Å². The van der Waals surface area contributed by atoms with Crippen LogP contribution in [0.5, 0.6) is 0 Å². The summed E-state index contributed by atoms with van der Waals surface area (Å²) in [6, 6.07) is 7.43.